The molecule has 0 aliphatic rings. The molecule has 1 heterocycles. The van der Waals surface area contributed by atoms with Gasteiger partial charge in [0.15, 0.2) is 0 Å². The zero-order valence-electron chi connectivity index (χ0n) is 7.26. The number of rotatable bonds is 2. The highest BCUT2D eigenvalue weighted by Gasteiger charge is 2.04. The maximum absolute atomic E-state index is 9.03. The molecule has 1 N–H and O–H groups in total. The Balaban J connectivity index is 2.49. The van der Waals surface area contributed by atoms with E-state index in [1.165, 1.54) is 0 Å². The zero-order valence-corrected chi connectivity index (χ0v) is 8.85. The molecule has 5 heteroatoms. The Morgan fingerprint density at radius 2 is 2.29 bits per heavy atom. The SMILES string of the molecule is OCc1cnnn1-c1cccc(Br)c1. The maximum atomic E-state index is 9.03. The van der Waals surface area contributed by atoms with E-state index >= 15 is 0 Å². The molecule has 1 aromatic carbocycles. The Morgan fingerprint density at radius 3 is 3.00 bits per heavy atom. The Kier molecular flexibility index (Phi) is 2.60. The average molecular weight is 254 g/mol. The summed E-state index contributed by atoms with van der Waals surface area (Å²) < 4.78 is 2.57. The summed E-state index contributed by atoms with van der Waals surface area (Å²) >= 11 is 3.37. The van der Waals surface area contributed by atoms with Crippen LogP contribution < -0.4 is 0 Å². The Hall–Kier alpha value is -1.20. The minimum Gasteiger partial charge on any atom is -0.390 e. The number of nitrogens with zero attached hydrogens (tertiary/aromatic N) is 3. The third-order valence-electron chi connectivity index (χ3n) is 1.83. The van der Waals surface area contributed by atoms with E-state index in [-0.39, 0.29) is 6.61 Å². The number of hydrogen-bond acceptors (Lipinski definition) is 3. The van der Waals surface area contributed by atoms with E-state index in [2.05, 4.69) is 26.2 Å². The minimum absolute atomic E-state index is 0.0699. The van der Waals surface area contributed by atoms with Crippen LogP contribution in [0.25, 0.3) is 5.69 Å². The van der Waals surface area contributed by atoms with Crippen LogP contribution in [0.15, 0.2) is 34.9 Å². The lowest BCUT2D eigenvalue weighted by Crippen LogP contribution is -2.01. The Labute approximate surface area is 89.3 Å². The van der Waals surface area contributed by atoms with Gasteiger partial charge in [-0.1, -0.05) is 27.2 Å². The van der Waals surface area contributed by atoms with Crippen LogP contribution in [0.3, 0.4) is 0 Å². The van der Waals surface area contributed by atoms with E-state index in [9.17, 15) is 0 Å². The van der Waals surface area contributed by atoms with Crippen molar-refractivity contribution in [2.24, 2.45) is 0 Å². The predicted molar refractivity (Wildman–Crippen MR) is 55.0 cm³/mol. The normalized spacial score (nSPS) is 10.4. The van der Waals surface area contributed by atoms with Crippen molar-refractivity contribution in [2.75, 3.05) is 0 Å². The fourth-order valence-electron chi connectivity index (χ4n) is 1.19. The first-order chi connectivity index (χ1) is 6.81. The molecule has 0 bridgehead atoms. The fraction of sp³-hybridized carbons (Fsp3) is 0.111. The molecule has 0 unspecified atom stereocenters. The fourth-order valence-corrected chi connectivity index (χ4v) is 1.58. The van der Waals surface area contributed by atoms with E-state index in [1.54, 1.807) is 10.9 Å². The molecule has 0 saturated carbocycles. The second kappa shape index (κ2) is 3.89. The Bertz CT molecular complexity index is 441. The molecule has 0 aliphatic heterocycles. The molecule has 2 aromatic rings. The number of benzene rings is 1. The van der Waals surface area contributed by atoms with Gasteiger partial charge in [0.05, 0.1) is 24.2 Å². The average Bonchev–Trinajstić information content (AvgIpc) is 2.65. The summed E-state index contributed by atoms with van der Waals surface area (Å²) in [5, 5.41) is 16.6. The molecule has 0 spiro atoms. The van der Waals surface area contributed by atoms with Gasteiger partial charge in [0, 0.05) is 4.47 Å². The lowest BCUT2D eigenvalue weighted by Gasteiger charge is -2.03. The summed E-state index contributed by atoms with van der Waals surface area (Å²) in [6.07, 6.45) is 1.54. The molecular formula is C9H8BrN3O. The molecule has 0 fully saturated rings. The van der Waals surface area contributed by atoms with Crippen molar-refractivity contribution in [3.05, 3.63) is 40.6 Å². The van der Waals surface area contributed by atoms with E-state index in [0.717, 1.165) is 10.2 Å². The standard InChI is InChI=1S/C9H8BrN3O/c10-7-2-1-3-8(4-7)13-9(6-14)5-11-12-13/h1-5,14H,6H2. The summed E-state index contributed by atoms with van der Waals surface area (Å²) in [5.41, 5.74) is 1.55. The first kappa shape index (κ1) is 9.36. The molecule has 0 saturated heterocycles. The lowest BCUT2D eigenvalue weighted by molar-refractivity contribution is 0.273. The van der Waals surface area contributed by atoms with Crippen LogP contribution in [0.5, 0.6) is 0 Å². The molecule has 0 atom stereocenters. The van der Waals surface area contributed by atoms with E-state index in [0.29, 0.717) is 5.69 Å². The Morgan fingerprint density at radius 1 is 1.43 bits per heavy atom. The van der Waals surface area contributed by atoms with Crippen molar-refractivity contribution < 1.29 is 5.11 Å². The van der Waals surface area contributed by atoms with E-state index in [1.807, 2.05) is 24.3 Å². The maximum Gasteiger partial charge on any atom is 0.0900 e. The second-order valence-corrected chi connectivity index (χ2v) is 3.69. The molecule has 0 amide bonds. The molecule has 0 radical (unpaired) electrons. The van der Waals surface area contributed by atoms with Gasteiger partial charge in [0.25, 0.3) is 0 Å². The minimum atomic E-state index is -0.0699. The quantitative estimate of drug-likeness (QED) is 0.883. The molecule has 72 valence electrons. The van der Waals surface area contributed by atoms with Crippen LogP contribution >= 0.6 is 15.9 Å². The lowest BCUT2D eigenvalue weighted by atomic mass is 10.3. The summed E-state index contributed by atoms with van der Waals surface area (Å²) in [6, 6.07) is 7.65. The zero-order chi connectivity index (χ0) is 9.97. The van der Waals surface area contributed by atoms with Crippen molar-refractivity contribution in [3.8, 4) is 5.69 Å². The van der Waals surface area contributed by atoms with E-state index in [4.69, 9.17) is 5.11 Å². The number of hydrogen-bond donors (Lipinski definition) is 1. The first-order valence-electron chi connectivity index (χ1n) is 4.07. The predicted octanol–water partition coefficient (Wildman–Crippen LogP) is 1.52. The van der Waals surface area contributed by atoms with Gasteiger partial charge in [0.2, 0.25) is 0 Å². The first-order valence-corrected chi connectivity index (χ1v) is 4.87. The van der Waals surface area contributed by atoms with Crippen molar-refractivity contribution >= 4 is 15.9 Å². The van der Waals surface area contributed by atoms with Gasteiger partial charge >= 0.3 is 0 Å². The van der Waals surface area contributed by atoms with Gasteiger partial charge in [-0.3, -0.25) is 0 Å². The number of halogens is 1. The molecule has 2 rings (SSSR count). The summed E-state index contributed by atoms with van der Waals surface area (Å²) in [7, 11) is 0. The van der Waals surface area contributed by atoms with Crippen LogP contribution in [-0.2, 0) is 6.61 Å². The smallest absolute Gasteiger partial charge is 0.0900 e. The highest BCUT2D eigenvalue weighted by molar-refractivity contribution is 9.10. The van der Waals surface area contributed by atoms with Gasteiger partial charge < -0.3 is 5.11 Å². The number of aromatic nitrogens is 3. The van der Waals surface area contributed by atoms with Gasteiger partial charge in [-0.25, -0.2) is 4.68 Å². The van der Waals surface area contributed by atoms with Crippen LogP contribution in [-0.4, -0.2) is 20.1 Å². The molecule has 0 aliphatic carbocycles. The third kappa shape index (κ3) is 1.69. The topological polar surface area (TPSA) is 50.9 Å². The summed E-state index contributed by atoms with van der Waals surface area (Å²) in [4.78, 5) is 0. The van der Waals surface area contributed by atoms with E-state index < -0.39 is 0 Å². The highest BCUT2D eigenvalue weighted by atomic mass is 79.9. The summed E-state index contributed by atoms with van der Waals surface area (Å²) in [5.74, 6) is 0. The van der Waals surface area contributed by atoms with Gasteiger partial charge in [-0.05, 0) is 18.2 Å². The number of aliphatic hydroxyl groups is 1. The highest BCUT2D eigenvalue weighted by Crippen LogP contribution is 2.15. The summed E-state index contributed by atoms with van der Waals surface area (Å²) in [6.45, 7) is -0.0699. The van der Waals surface area contributed by atoms with Crippen LogP contribution in [0.4, 0.5) is 0 Å². The number of aliphatic hydroxyl groups excluding tert-OH is 1. The van der Waals surface area contributed by atoms with Crippen molar-refractivity contribution in [3.63, 3.8) is 0 Å². The molecular weight excluding hydrogens is 246 g/mol. The van der Waals surface area contributed by atoms with Gasteiger partial charge in [-0.15, -0.1) is 5.10 Å². The molecule has 14 heavy (non-hydrogen) atoms. The molecule has 1 aromatic heterocycles. The monoisotopic (exact) mass is 253 g/mol. The molecule has 4 nitrogen and oxygen atoms in total. The largest absolute Gasteiger partial charge is 0.390 e. The van der Waals surface area contributed by atoms with Crippen LogP contribution in [0, 0.1) is 0 Å². The second-order valence-electron chi connectivity index (χ2n) is 2.78. The van der Waals surface area contributed by atoms with Gasteiger partial charge in [0.1, 0.15) is 0 Å². The van der Waals surface area contributed by atoms with Crippen LogP contribution in [0.2, 0.25) is 0 Å². The van der Waals surface area contributed by atoms with Crippen molar-refractivity contribution in [2.45, 2.75) is 6.61 Å². The third-order valence-corrected chi connectivity index (χ3v) is 2.33. The van der Waals surface area contributed by atoms with Crippen molar-refractivity contribution in [1.29, 1.82) is 0 Å². The van der Waals surface area contributed by atoms with Crippen LogP contribution in [0.1, 0.15) is 5.69 Å². The van der Waals surface area contributed by atoms with Crippen molar-refractivity contribution in [1.82, 2.24) is 15.0 Å². The van der Waals surface area contributed by atoms with Gasteiger partial charge in [-0.2, -0.15) is 0 Å².